The molecule has 1 heterocycles. The smallest absolute Gasteiger partial charge is 0.387 e. The first kappa shape index (κ1) is 13.7. The number of carbonyl (C=O) groups excluding carboxylic acids is 1. The van der Waals surface area contributed by atoms with Gasteiger partial charge in [0, 0.05) is 12.1 Å². The molecule has 1 unspecified atom stereocenters. The van der Waals surface area contributed by atoms with E-state index in [1.54, 1.807) is 0 Å². The molecule has 0 aliphatic carbocycles. The van der Waals surface area contributed by atoms with Gasteiger partial charge in [-0.25, -0.2) is 0 Å². The molecule has 0 saturated carbocycles. The summed E-state index contributed by atoms with van der Waals surface area (Å²) < 4.78 is 28.1. The van der Waals surface area contributed by atoms with Crippen molar-refractivity contribution in [2.45, 2.75) is 13.0 Å². The lowest BCUT2D eigenvalue weighted by Crippen LogP contribution is -2.30. The predicted octanol–water partition coefficient (Wildman–Crippen LogP) is 1.63. The standard InChI is InChI=1S/C13H16F2N2O2/c14-13(15)19-11-3-1-10(2-4-11)12(18)17-8-9-5-6-16-7-9/h1-4,9,13,16H,5-8H2,(H,17,18). The number of rotatable bonds is 5. The highest BCUT2D eigenvalue weighted by Gasteiger charge is 2.15. The van der Waals surface area contributed by atoms with Crippen molar-refractivity contribution >= 4 is 5.91 Å². The predicted molar refractivity (Wildman–Crippen MR) is 66.4 cm³/mol. The molecule has 6 heteroatoms. The van der Waals surface area contributed by atoms with Crippen molar-refractivity contribution in [3.05, 3.63) is 29.8 Å². The number of alkyl halides is 2. The van der Waals surface area contributed by atoms with Crippen LogP contribution in [0.5, 0.6) is 5.75 Å². The summed E-state index contributed by atoms with van der Waals surface area (Å²) in [5.41, 5.74) is 0.438. The van der Waals surface area contributed by atoms with Gasteiger partial charge in [-0.15, -0.1) is 0 Å². The summed E-state index contributed by atoms with van der Waals surface area (Å²) in [6, 6.07) is 5.66. The van der Waals surface area contributed by atoms with Gasteiger partial charge in [-0.1, -0.05) is 0 Å². The van der Waals surface area contributed by atoms with Crippen LogP contribution >= 0.6 is 0 Å². The third-order valence-electron chi connectivity index (χ3n) is 3.06. The zero-order valence-electron chi connectivity index (χ0n) is 10.4. The molecule has 1 fully saturated rings. The van der Waals surface area contributed by atoms with Crippen LogP contribution < -0.4 is 15.4 Å². The number of ether oxygens (including phenoxy) is 1. The minimum Gasteiger partial charge on any atom is -0.435 e. The van der Waals surface area contributed by atoms with Crippen molar-refractivity contribution in [1.82, 2.24) is 10.6 Å². The van der Waals surface area contributed by atoms with Gasteiger partial charge in [0.2, 0.25) is 0 Å². The van der Waals surface area contributed by atoms with Gasteiger partial charge in [0.25, 0.3) is 5.91 Å². The fraction of sp³-hybridized carbons (Fsp3) is 0.462. The first-order valence-electron chi connectivity index (χ1n) is 6.19. The first-order valence-corrected chi connectivity index (χ1v) is 6.19. The summed E-state index contributed by atoms with van der Waals surface area (Å²) >= 11 is 0. The molecule has 2 N–H and O–H groups in total. The van der Waals surface area contributed by atoms with E-state index in [2.05, 4.69) is 15.4 Å². The zero-order chi connectivity index (χ0) is 13.7. The largest absolute Gasteiger partial charge is 0.435 e. The van der Waals surface area contributed by atoms with Gasteiger partial charge in [0.1, 0.15) is 5.75 Å². The molecule has 1 atom stereocenters. The third-order valence-corrected chi connectivity index (χ3v) is 3.06. The lowest BCUT2D eigenvalue weighted by molar-refractivity contribution is -0.0498. The lowest BCUT2D eigenvalue weighted by atomic mass is 10.1. The highest BCUT2D eigenvalue weighted by Crippen LogP contribution is 2.15. The molecule has 1 aromatic carbocycles. The van der Waals surface area contributed by atoms with Crippen LogP contribution in [0.25, 0.3) is 0 Å². The van der Waals surface area contributed by atoms with Crippen LogP contribution in [0.3, 0.4) is 0 Å². The molecule has 4 nitrogen and oxygen atoms in total. The summed E-state index contributed by atoms with van der Waals surface area (Å²) in [6.45, 7) is -0.322. The molecule has 0 radical (unpaired) electrons. The van der Waals surface area contributed by atoms with Crippen LogP contribution in [0.15, 0.2) is 24.3 Å². The molecule has 1 aliphatic heterocycles. The van der Waals surface area contributed by atoms with Gasteiger partial charge in [-0.3, -0.25) is 4.79 Å². The minimum atomic E-state index is -2.85. The molecule has 104 valence electrons. The lowest BCUT2D eigenvalue weighted by Gasteiger charge is -2.10. The first-order chi connectivity index (χ1) is 9.15. The third kappa shape index (κ3) is 4.17. The van der Waals surface area contributed by atoms with Crippen molar-refractivity contribution in [3.8, 4) is 5.75 Å². The number of hydrogen-bond donors (Lipinski definition) is 2. The fourth-order valence-electron chi connectivity index (χ4n) is 2.02. The summed E-state index contributed by atoms with van der Waals surface area (Å²) in [4.78, 5) is 11.8. The molecule has 1 aromatic rings. The fourth-order valence-corrected chi connectivity index (χ4v) is 2.02. The maximum Gasteiger partial charge on any atom is 0.387 e. The number of halogens is 2. The van der Waals surface area contributed by atoms with Crippen LogP contribution in [-0.4, -0.2) is 32.2 Å². The highest BCUT2D eigenvalue weighted by molar-refractivity contribution is 5.94. The average molecular weight is 270 g/mol. The monoisotopic (exact) mass is 270 g/mol. The Kier molecular flexibility index (Phi) is 4.68. The zero-order valence-corrected chi connectivity index (χ0v) is 10.4. The second-order valence-electron chi connectivity index (χ2n) is 4.47. The average Bonchev–Trinajstić information content (AvgIpc) is 2.89. The molecule has 1 amide bonds. The van der Waals surface area contributed by atoms with E-state index >= 15 is 0 Å². The normalized spacial score (nSPS) is 18.6. The van der Waals surface area contributed by atoms with Gasteiger partial charge < -0.3 is 15.4 Å². The van der Waals surface area contributed by atoms with E-state index in [0.717, 1.165) is 19.5 Å². The molecule has 0 bridgehead atoms. The Morgan fingerprint density at radius 3 is 2.74 bits per heavy atom. The number of carbonyl (C=O) groups is 1. The number of nitrogens with one attached hydrogen (secondary N) is 2. The molecule has 1 aliphatic rings. The quantitative estimate of drug-likeness (QED) is 0.855. The van der Waals surface area contributed by atoms with Crippen molar-refractivity contribution in [3.63, 3.8) is 0 Å². The molecular formula is C13H16F2N2O2. The van der Waals surface area contributed by atoms with E-state index in [1.165, 1.54) is 24.3 Å². The van der Waals surface area contributed by atoms with Crippen molar-refractivity contribution in [2.24, 2.45) is 5.92 Å². The molecule has 0 spiro atoms. The van der Waals surface area contributed by atoms with Gasteiger partial charge >= 0.3 is 6.61 Å². The Labute approximate surface area is 110 Å². The summed E-state index contributed by atoms with van der Waals surface area (Å²) in [5.74, 6) is 0.312. The summed E-state index contributed by atoms with van der Waals surface area (Å²) in [6.07, 6.45) is 1.06. The van der Waals surface area contributed by atoms with Crippen LogP contribution in [-0.2, 0) is 0 Å². The second kappa shape index (κ2) is 6.47. The van der Waals surface area contributed by atoms with Crippen LogP contribution in [0, 0.1) is 5.92 Å². The van der Waals surface area contributed by atoms with Crippen molar-refractivity contribution in [1.29, 1.82) is 0 Å². The Morgan fingerprint density at radius 1 is 1.42 bits per heavy atom. The Balaban J connectivity index is 1.84. The molecule has 0 aromatic heterocycles. The van der Waals surface area contributed by atoms with Crippen molar-refractivity contribution < 1.29 is 18.3 Å². The van der Waals surface area contributed by atoms with Crippen LogP contribution in [0.1, 0.15) is 16.8 Å². The maximum atomic E-state index is 12.0. The number of hydrogen-bond acceptors (Lipinski definition) is 3. The molecule has 2 rings (SSSR count). The molecule has 19 heavy (non-hydrogen) atoms. The Morgan fingerprint density at radius 2 is 2.16 bits per heavy atom. The van der Waals surface area contributed by atoms with E-state index in [9.17, 15) is 13.6 Å². The van der Waals surface area contributed by atoms with Crippen molar-refractivity contribution in [2.75, 3.05) is 19.6 Å². The van der Waals surface area contributed by atoms with E-state index in [0.29, 0.717) is 18.0 Å². The van der Waals surface area contributed by atoms with E-state index in [-0.39, 0.29) is 11.7 Å². The highest BCUT2D eigenvalue weighted by atomic mass is 19.3. The summed E-state index contributed by atoms with van der Waals surface area (Å²) in [5, 5.41) is 6.06. The summed E-state index contributed by atoms with van der Waals surface area (Å²) in [7, 11) is 0. The molecule has 1 saturated heterocycles. The van der Waals surface area contributed by atoms with Gasteiger partial charge in [-0.2, -0.15) is 8.78 Å². The van der Waals surface area contributed by atoms with Gasteiger partial charge in [-0.05, 0) is 49.7 Å². The topological polar surface area (TPSA) is 50.4 Å². The Bertz CT molecular complexity index is 417. The van der Waals surface area contributed by atoms with Gasteiger partial charge in [0.05, 0.1) is 0 Å². The van der Waals surface area contributed by atoms with Crippen LogP contribution in [0.2, 0.25) is 0 Å². The van der Waals surface area contributed by atoms with E-state index in [1.807, 2.05) is 0 Å². The number of amides is 1. The maximum absolute atomic E-state index is 12.0. The van der Waals surface area contributed by atoms with Gasteiger partial charge in [0.15, 0.2) is 0 Å². The Hall–Kier alpha value is -1.69. The van der Waals surface area contributed by atoms with E-state index < -0.39 is 6.61 Å². The second-order valence-corrected chi connectivity index (χ2v) is 4.47. The number of benzene rings is 1. The van der Waals surface area contributed by atoms with Crippen LogP contribution in [0.4, 0.5) is 8.78 Å². The molecular weight excluding hydrogens is 254 g/mol. The minimum absolute atomic E-state index is 0.0477. The van der Waals surface area contributed by atoms with E-state index in [4.69, 9.17) is 0 Å². The SMILES string of the molecule is O=C(NCC1CCNC1)c1ccc(OC(F)F)cc1.